The van der Waals surface area contributed by atoms with E-state index in [0.29, 0.717) is 68.5 Å². The van der Waals surface area contributed by atoms with E-state index in [1.807, 2.05) is 18.0 Å². The number of carbonyl (C=O) groups is 1. The van der Waals surface area contributed by atoms with Gasteiger partial charge in [0.25, 0.3) is 5.56 Å². The number of ether oxygens (including phenoxy) is 1. The lowest BCUT2D eigenvalue weighted by atomic mass is 10.0. The highest BCUT2D eigenvalue weighted by atomic mass is 35.5. The molecule has 6 rings (SSSR count). The number of nitrogens with zero attached hydrogens (tertiary/aromatic N) is 6. The van der Waals surface area contributed by atoms with Gasteiger partial charge in [0.1, 0.15) is 35.6 Å². The average Bonchev–Trinajstić information content (AvgIpc) is 3.38. The molecule has 0 aliphatic carbocycles. The van der Waals surface area contributed by atoms with Crippen molar-refractivity contribution in [2.45, 2.75) is 26.4 Å². The molecule has 0 atom stereocenters. The van der Waals surface area contributed by atoms with Crippen LogP contribution in [-0.2, 0) is 6.54 Å². The molecule has 1 aromatic carbocycles. The minimum atomic E-state index is -1.04. The molecule has 1 aliphatic rings. The highest BCUT2D eigenvalue weighted by molar-refractivity contribution is 7.18. The smallest absolute Gasteiger partial charge is 0.338 e. The fourth-order valence-corrected chi connectivity index (χ4v) is 6.51. The van der Waals surface area contributed by atoms with Crippen molar-refractivity contribution in [2.75, 3.05) is 31.6 Å². The van der Waals surface area contributed by atoms with Crippen LogP contribution in [0.15, 0.2) is 40.6 Å². The third-order valence-electron chi connectivity index (χ3n) is 7.56. The second-order valence-electron chi connectivity index (χ2n) is 10.3. The Hall–Kier alpha value is -4.57. The highest BCUT2D eigenvalue weighted by Gasteiger charge is 2.30. The van der Waals surface area contributed by atoms with E-state index in [1.54, 1.807) is 43.6 Å². The number of aromatic carboxylic acids is 1. The summed E-state index contributed by atoms with van der Waals surface area (Å²) in [6.45, 7) is 5.22. The lowest BCUT2D eigenvalue weighted by molar-refractivity contribution is 0.0699. The fraction of sp³-hybridized carbons (Fsp3) is 0.267. The summed E-state index contributed by atoms with van der Waals surface area (Å²) in [4.78, 5) is 41.0. The number of fused-ring (bicyclic) bond motifs is 2. The van der Waals surface area contributed by atoms with E-state index in [0.717, 1.165) is 5.56 Å². The number of hydrogen-bond donors (Lipinski definition) is 2. The molecule has 0 bridgehead atoms. The van der Waals surface area contributed by atoms with Crippen molar-refractivity contribution >= 4 is 55.8 Å². The lowest BCUT2D eigenvalue weighted by Gasteiger charge is -2.40. The lowest BCUT2D eigenvalue weighted by Crippen LogP contribution is -2.57. The number of benzene rings is 1. The Kier molecular flexibility index (Phi) is 7.47. The molecule has 43 heavy (non-hydrogen) atoms. The van der Waals surface area contributed by atoms with E-state index in [9.17, 15) is 20.0 Å². The first kappa shape index (κ1) is 28.5. The van der Waals surface area contributed by atoms with Crippen LogP contribution in [0.4, 0.5) is 5.82 Å². The van der Waals surface area contributed by atoms with Crippen LogP contribution in [-0.4, -0.2) is 63.4 Å². The van der Waals surface area contributed by atoms with Gasteiger partial charge in [0.2, 0.25) is 0 Å². The zero-order valence-electron chi connectivity index (χ0n) is 23.5. The van der Waals surface area contributed by atoms with Crippen LogP contribution in [0, 0.1) is 25.2 Å². The van der Waals surface area contributed by atoms with E-state index < -0.39 is 5.97 Å². The van der Waals surface area contributed by atoms with Gasteiger partial charge in [-0.1, -0.05) is 11.6 Å². The predicted molar refractivity (Wildman–Crippen MR) is 166 cm³/mol. The molecule has 0 unspecified atom stereocenters. The van der Waals surface area contributed by atoms with Gasteiger partial charge >= 0.3 is 5.97 Å². The molecule has 0 radical (unpaired) electrons. The molecule has 0 spiro atoms. The van der Waals surface area contributed by atoms with Crippen LogP contribution in [0.25, 0.3) is 32.2 Å². The first-order chi connectivity index (χ1) is 20.7. The number of carboxylic acids is 1. The molecule has 1 aliphatic heterocycles. The summed E-state index contributed by atoms with van der Waals surface area (Å²) >= 11 is 7.67. The number of aromatic nitrogens is 4. The maximum Gasteiger partial charge on any atom is 0.338 e. The molecule has 5 heterocycles. The first-order valence-electron chi connectivity index (χ1n) is 13.5. The van der Waals surface area contributed by atoms with Gasteiger partial charge in [-0.15, -0.1) is 11.3 Å². The van der Waals surface area contributed by atoms with Crippen LogP contribution in [0.1, 0.15) is 27.4 Å². The Morgan fingerprint density at radius 1 is 1.26 bits per heavy atom. The number of likely N-dealkylation sites (N-methyl/N-ethyl adjacent to an activating group) is 1. The molecular formula is C30H26ClN7O4S. The van der Waals surface area contributed by atoms with Crippen molar-refractivity contribution in [1.29, 1.82) is 5.26 Å². The number of thiophene rings is 1. The fourth-order valence-electron chi connectivity index (χ4n) is 5.33. The van der Waals surface area contributed by atoms with Crippen molar-refractivity contribution in [2.24, 2.45) is 0 Å². The van der Waals surface area contributed by atoms with Gasteiger partial charge < -0.3 is 20.1 Å². The van der Waals surface area contributed by atoms with E-state index in [-0.39, 0.29) is 35.2 Å². The van der Waals surface area contributed by atoms with Gasteiger partial charge in [0, 0.05) is 46.4 Å². The van der Waals surface area contributed by atoms with Gasteiger partial charge in [-0.3, -0.25) is 14.3 Å². The van der Waals surface area contributed by atoms with Crippen LogP contribution >= 0.6 is 22.9 Å². The molecule has 13 heteroatoms. The number of pyridine rings is 2. The molecule has 4 aromatic heterocycles. The monoisotopic (exact) mass is 615 g/mol. The number of rotatable bonds is 8. The Balaban J connectivity index is 1.33. The molecule has 0 saturated carbocycles. The van der Waals surface area contributed by atoms with Crippen LogP contribution < -0.4 is 20.5 Å². The summed E-state index contributed by atoms with van der Waals surface area (Å²) in [7, 11) is 1.89. The van der Waals surface area contributed by atoms with Crippen molar-refractivity contribution in [1.82, 2.24) is 24.8 Å². The topological polar surface area (TPSA) is 146 Å². The number of nitrogens with one attached hydrogen (secondary N) is 1. The third kappa shape index (κ3) is 5.05. The molecule has 5 aromatic rings. The first-order valence-corrected chi connectivity index (χ1v) is 14.7. The maximum atomic E-state index is 13.7. The quantitative estimate of drug-likeness (QED) is 0.257. The molecule has 1 fully saturated rings. The van der Waals surface area contributed by atoms with Crippen molar-refractivity contribution < 1.29 is 14.6 Å². The Bertz CT molecular complexity index is 2030. The molecule has 218 valence electrons. The van der Waals surface area contributed by atoms with E-state index >= 15 is 0 Å². The Labute approximate surface area is 255 Å². The summed E-state index contributed by atoms with van der Waals surface area (Å²) in [5, 5.41) is 25.2. The average molecular weight is 616 g/mol. The zero-order chi connectivity index (χ0) is 30.4. The number of halogens is 1. The van der Waals surface area contributed by atoms with Crippen LogP contribution in [0.3, 0.4) is 0 Å². The minimum Gasteiger partial charge on any atom is -0.491 e. The van der Waals surface area contributed by atoms with Crippen LogP contribution in [0.5, 0.6) is 5.75 Å². The van der Waals surface area contributed by atoms with Gasteiger partial charge in [0.15, 0.2) is 0 Å². The Morgan fingerprint density at radius 3 is 2.77 bits per heavy atom. The Morgan fingerprint density at radius 2 is 2.05 bits per heavy atom. The van der Waals surface area contributed by atoms with Crippen molar-refractivity contribution in [3.63, 3.8) is 0 Å². The summed E-state index contributed by atoms with van der Waals surface area (Å²) in [6.07, 6.45) is 1.55. The minimum absolute atomic E-state index is 0.121. The molecule has 0 amide bonds. The number of nitriles is 1. The summed E-state index contributed by atoms with van der Waals surface area (Å²) in [5.41, 5.74) is 2.89. The van der Waals surface area contributed by atoms with Gasteiger partial charge in [0.05, 0.1) is 39.4 Å². The summed E-state index contributed by atoms with van der Waals surface area (Å²) in [5.74, 6) is 0.428. The largest absolute Gasteiger partial charge is 0.491 e. The zero-order valence-corrected chi connectivity index (χ0v) is 25.1. The highest BCUT2D eigenvalue weighted by Crippen LogP contribution is 2.40. The third-order valence-corrected chi connectivity index (χ3v) is 8.79. The molecular weight excluding hydrogens is 590 g/mol. The maximum absolute atomic E-state index is 13.7. The normalized spacial score (nSPS) is 13.3. The number of aryl methyl sites for hydroxylation is 2. The number of carboxylic acid groups (broad SMARTS) is 1. The standard InChI is InChI=1S/C30H26ClN7O4S/c1-15-8-20(27-26(35-15)22(14-43-27)30(40)41)19-9-17(31)4-5-24(19)42-7-6-38-16(2)36-23-11-34-28(37-12-18(13-37)33-3)21(10-32)25(23)29(38)39/h4-5,8-9,11,14,18,33H,6-7,12-13H2,1-3H3,(H,40,41). The van der Waals surface area contributed by atoms with Gasteiger partial charge in [-0.05, 0) is 45.2 Å². The molecule has 1 saturated heterocycles. The van der Waals surface area contributed by atoms with Gasteiger partial charge in [-0.25, -0.2) is 14.8 Å². The number of hydrogen-bond acceptors (Lipinski definition) is 10. The van der Waals surface area contributed by atoms with E-state index in [2.05, 4.69) is 26.3 Å². The second-order valence-corrected chi connectivity index (χ2v) is 11.6. The molecule has 2 N–H and O–H groups in total. The summed E-state index contributed by atoms with van der Waals surface area (Å²) < 4.78 is 8.42. The van der Waals surface area contributed by atoms with Gasteiger partial charge in [-0.2, -0.15) is 5.26 Å². The van der Waals surface area contributed by atoms with E-state index in [1.165, 1.54) is 15.9 Å². The van der Waals surface area contributed by atoms with E-state index in [4.69, 9.17) is 16.3 Å². The second kappa shape index (κ2) is 11.3. The van der Waals surface area contributed by atoms with Crippen molar-refractivity contribution in [3.05, 3.63) is 73.9 Å². The van der Waals surface area contributed by atoms with Crippen LogP contribution in [0.2, 0.25) is 5.02 Å². The SMILES string of the molecule is CNC1CN(c2ncc3nc(C)n(CCOc4ccc(Cl)cc4-c4cc(C)nc5c(C(=O)O)csc45)c(=O)c3c2C#N)C1. The predicted octanol–water partition coefficient (Wildman–Crippen LogP) is 4.40. The summed E-state index contributed by atoms with van der Waals surface area (Å²) in [6, 6.07) is 9.58. The van der Waals surface area contributed by atoms with Crippen molar-refractivity contribution in [3.8, 4) is 22.9 Å². The molecule has 11 nitrogen and oxygen atoms in total. The number of anilines is 1.